The number of hydrogen-bond donors (Lipinski definition) is 3. The number of carboxylic acids is 1. The van der Waals surface area contributed by atoms with Gasteiger partial charge < -0.3 is 15.3 Å². The smallest absolute Gasteiger partial charge is 0.335 e. The summed E-state index contributed by atoms with van der Waals surface area (Å²) in [5.74, 6) is -0.328. The van der Waals surface area contributed by atoms with Crippen LogP contribution < -0.4 is 0 Å². The van der Waals surface area contributed by atoms with Gasteiger partial charge in [0, 0.05) is 0 Å². The summed E-state index contributed by atoms with van der Waals surface area (Å²) < 4.78 is 1.50. The molecule has 0 spiro atoms. The first-order valence-corrected chi connectivity index (χ1v) is 8.42. The molecule has 28 heavy (non-hydrogen) atoms. The Kier molecular flexibility index (Phi) is 4.25. The summed E-state index contributed by atoms with van der Waals surface area (Å²) in [6.45, 7) is 0. The number of benzene rings is 3. The van der Waals surface area contributed by atoms with E-state index in [-0.39, 0.29) is 22.9 Å². The number of aromatic nitrogens is 3. The third kappa shape index (κ3) is 3.05. The van der Waals surface area contributed by atoms with Crippen molar-refractivity contribution < 1.29 is 20.1 Å². The molecule has 4 rings (SSSR count). The summed E-state index contributed by atoms with van der Waals surface area (Å²) in [6.07, 6.45) is 0. The largest absolute Gasteiger partial charge is 0.507 e. The molecule has 4 aromatic rings. The van der Waals surface area contributed by atoms with Gasteiger partial charge in [-0.15, -0.1) is 5.10 Å². The van der Waals surface area contributed by atoms with Gasteiger partial charge in [0.2, 0.25) is 0 Å². The number of hydrogen-bond acceptors (Lipinski definition) is 5. The van der Waals surface area contributed by atoms with Crippen molar-refractivity contribution in [2.75, 3.05) is 0 Å². The normalized spacial score (nSPS) is 10.7. The predicted octanol–water partition coefficient (Wildman–Crippen LogP) is 3.71. The summed E-state index contributed by atoms with van der Waals surface area (Å²) in [7, 11) is 0. The molecule has 0 saturated heterocycles. The van der Waals surface area contributed by atoms with Crippen LogP contribution >= 0.6 is 0 Å². The summed E-state index contributed by atoms with van der Waals surface area (Å²) in [4.78, 5) is 15.6. The van der Waals surface area contributed by atoms with E-state index in [1.54, 1.807) is 54.6 Å². The predicted molar refractivity (Wildman–Crippen MR) is 103 cm³/mol. The van der Waals surface area contributed by atoms with Crippen LogP contribution in [0.25, 0.3) is 28.5 Å². The number of aromatic hydroxyl groups is 2. The average Bonchev–Trinajstić information content (AvgIpc) is 3.13. The second-order valence-corrected chi connectivity index (χ2v) is 6.06. The second-order valence-electron chi connectivity index (χ2n) is 6.06. The highest BCUT2D eigenvalue weighted by molar-refractivity contribution is 5.87. The van der Waals surface area contributed by atoms with Crippen LogP contribution in [0.5, 0.6) is 11.5 Å². The highest BCUT2D eigenvalue weighted by Gasteiger charge is 2.19. The first kappa shape index (κ1) is 17.3. The van der Waals surface area contributed by atoms with E-state index in [1.165, 1.54) is 22.9 Å². The molecule has 0 fully saturated rings. The van der Waals surface area contributed by atoms with Crippen molar-refractivity contribution >= 4 is 5.97 Å². The van der Waals surface area contributed by atoms with Gasteiger partial charge in [-0.1, -0.05) is 24.3 Å². The zero-order chi connectivity index (χ0) is 19.7. The zero-order valence-corrected chi connectivity index (χ0v) is 14.5. The van der Waals surface area contributed by atoms with Crippen molar-refractivity contribution in [3.8, 4) is 40.0 Å². The summed E-state index contributed by atoms with van der Waals surface area (Å²) in [5.41, 5.74) is 1.62. The Morgan fingerprint density at radius 1 is 0.857 bits per heavy atom. The van der Waals surface area contributed by atoms with Crippen LogP contribution in [0.3, 0.4) is 0 Å². The molecule has 7 nitrogen and oxygen atoms in total. The van der Waals surface area contributed by atoms with Crippen LogP contribution in [0.1, 0.15) is 10.4 Å². The first-order chi connectivity index (χ1) is 13.5. The lowest BCUT2D eigenvalue weighted by molar-refractivity contribution is 0.0697. The SMILES string of the molecule is O=C(O)c1ccc(-n2n[14c](-c3ccccc3O)nc2-c2ccccc2O)cc1. The first-order valence-electron chi connectivity index (χ1n) is 8.42. The highest BCUT2D eigenvalue weighted by Crippen LogP contribution is 2.33. The van der Waals surface area contributed by atoms with Gasteiger partial charge in [0.1, 0.15) is 11.5 Å². The van der Waals surface area contributed by atoms with E-state index >= 15 is 0 Å². The lowest BCUT2D eigenvalue weighted by Gasteiger charge is -2.07. The van der Waals surface area contributed by atoms with Crippen molar-refractivity contribution in [3.63, 3.8) is 0 Å². The Morgan fingerprint density at radius 3 is 2.14 bits per heavy atom. The van der Waals surface area contributed by atoms with Crippen LogP contribution in [0, 0.1) is 0 Å². The molecule has 1 aromatic heterocycles. The minimum atomic E-state index is -1.03. The van der Waals surface area contributed by atoms with Gasteiger partial charge in [-0.3, -0.25) is 0 Å². The zero-order valence-electron chi connectivity index (χ0n) is 14.5. The molecule has 7 heteroatoms. The Morgan fingerprint density at radius 2 is 1.50 bits per heavy atom. The molecule has 0 bridgehead atoms. The Bertz CT molecular complexity index is 1170. The summed E-state index contributed by atoms with van der Waals surface area (Å²) in [5, 5.41) is 34.0. The van der Waals surface area contributed by atoms with E-state index in [4.69, 9.17) is 5.11 Å². The number of aromatic carboxylic acids is 1. The molecular formula is C21H15N3O4. The number of carboxylic acid groups (broad SMARTS) is 1. The molecule has 0 atom stereocenters. The Labute approximate surface area is 159 Å². The maximum absolute atomic E-state index is 11.1. The van der Waals surface area contributed by atoms with Crippen molar-refractivity contribution in [1.29, 1.82) is 0 Å². The molecule has 3 aromatic carbocycles. The van der Waals surface area contributed by atoms with E-state index < -0.39 is 5.97 Å². The Hall–Kier alpha value is -4.13. The van der Waals surface area contributed by atoms with Gasteiger partial charge in [-0.2, -0.15) is 0 Å². The highest BCUT2D eigenvalue weighted by atomic mass is 16.4. The third-order valence-electron chi connectivity index (χ3n) is 4.26. The van der Waals surface area contributed by atoms with Gasteiger partial charge in [0.15, 0.2) is 11.6 Å². The third-order valence-corrected chi connectivity index (χ3v) is 4.26. The molecule has 0 aliphatic carbocycles. The van der Waals surface area contributed by atoms with Crippen molar-refractivity contribution in [2.45, 2.75) is 0 Å². The number of carbonyl (C=O) groups is 1. The molecule has 0 unspecified atom stereocenters. The van der Waals surface area contributed by atoms with Crippen molar-refractivity contribution in [1.82, 2.24) is 14.8 Å². The van der Waals surface area contributed by atoms with Crippen LogP contribution in [0.2, 0.25) is 0 Å². The summed E-state index contributed by atoms with van der Waals surface area (Å²) in [6, 6.07) is 19.5. The van der Waals surface area contributed by atoms with Gasteiger partial charge in [0.05, 0.1) is 22.4 Å². The minimum absolute atomic E-state index is 0.0298. The number of para-hydroxylation sites is 2. The van der Waals surface area contributed by atoms with E-state index in [0.717, 1.165) is 0 Å². The fourth-order valence-corrected chi connectivity index (χ4v) is 2.85. The molecule has 3 N–H and O–H groups in total. The van der Waals surface area contributed by atoms with Gasteiger partial charge in [-0.25, -0.2) is 14.5 Å². The van der Waals surface area contributed by atoms with Gasteiger partial charge in [-0.05, 0) is 48.5 Å². The quantitative estimate of drug-likeness (QED) is 0.502. The molecule has 0 saturated carbocycles. The summed E-state index contributed by atoms with van der Waals surface area (Å²) >= 11 is 0. The van der Waals surface area contributed by atoms with E-state index in [0.29, 0.717) is 22.6 Å². The maximum atomic E-state index is 11.1. The average molecular weight is 375 g/mol. The number of phenolic OH excluding ortho intramolecular Hbond substituents is 2. The van der Waals surface area contributed by atoms with Gasteiger partial charge >= 0.3 is 5.97 Å². The lowest BCUT2D eigenvalue weighted by atomic mass is 10.1. The van der Waals surface area contributed by atoms with Crippen LogP contribution in [0.15, 0.2) is 72.8 Å². The van der Waals surface area contributed by atoms with Gasteiger partial charge in [0.25, 0.3) is 0 Å². The van der Waals surface area contributed by atoms with Crippen molar-refractivity contribution in [3.05, 3.63) is 78.4 Å². The number of rotatable bonds is 4. The standard InChI is InChI=1S/C21H15N3O4/c25-17-7-3-1-5-15(17)19-22-20(16-6-2-4-8-18(16)26)24(23-19)14-11-9-13(10-12-14)21(27)28/h1-12,25-26H,(H,27,28)/i19+2. The molecule has 0 radical (unpaired) electrons. The Balaban J connectivity index is 1.92. The monoisotopic (exact) mass is 375 g/mol. The van der Waals surface area contributed by atoms with Crippen LogP contribution in [-0.4, -0.2) is 36.1 Å². The molecule has 0 aliphatic rings. The van der Waals surface area contributed by atoms with Crippen molar-refractivity contribution in [2.24, 2.45) is 0 Å². The molecule has 1 heterocycles. The number of phenols is 2. The fourth-order valence-electron chi connectivity index (χ4n) is 2.85. The minimum Gasteiger partial charge on any atom is -0.507 e. The van der Waals surface area contributed by atoms with Crippen LogP contribution in [0.4, 0.5) is 0 Å². The number of nitrogens with zero attached hydrogens (tertiary/aromatic N) is 3. The molecule has 138 valence electrons. The fraction of sp³-hybridized carbons (Fsp3) is 0. The molecule has 0 aliphatic heterocycles. The maximum Gasteiger partial charge on any atom is 0.335 e. The van der Waals surface area contributed by atoms with E-state index in [2.05, 4.69) is 10.1 Å². The van der Waals surface area contributed by atoms with Crippen LogP contribution in [-0.2, 0) is 0 Å². The van der Waals surface area contributed by atoms with E-state index in [9.17, 15) is 15.0 Å². The topological polar surface area (TPSA) is 108 Å². The lowest BCUT2D eigenvalue weighted by Crippen LogP contribution is -2.02. The molecule has 0 amide bonds. The second kappa shape index (κ2) is 6.88. The van der Waals surface area contributed by atoms with E-state index in [1.807, 2.05) is 0 Å². The molecular weight excluding hydrogens is 360 g/mol.